The summed E-state index contributed by atoms with van der Waals surface area (Å²) in [6.45, 7) is 1.71. The highest BCUT2D eigenvalue weighted by Gasteiger charge is 2.00. The van der Waals surface area contributed by atoms with E-state index in [1.165, 1.54) is 6.20 Å². The summed E-state index contributed by atoms with van der Waals surface area (Å²) in [6.07, 6.45) is 1.53. The lowest BCUT2D eigenvalue weighted by molar-refractivity contribution is 0.415. The number of hydrogen-bond donors (Lipinski definition) is 2. The van der Waals surface area contributed by atoms with Crippen molar-refractivity contribution in [3.63, 3.8) is 0 Å². The van der Waals surface area contributed by atoms with Gasteiger partial charge >= 0.3 is 0 Å². The summed E-state index contributed by atoms with van der Waals surface area (Å²) in [5.41, 5.74) is 1.24. The van der Waals surface area contributed by atoms with Crippen molar-refractivity contribution in [2.24, 2.45) is 0 Å². The fourth-order valence-electron chi connectivity index (χ4n) is 1.36. The zero-order chi connectivity index (χ0) is 12.3. The largest absolute Gasteiger partial charge is 0.497 e. The number of rotatable bonds is 3. The number of nitrogens with zero attached hydrogens (tertiary/aromatic N) is 1. The predicted octanol–water partition coefficient (Wildman–Crippen LogP) is 1.83. The van der Waals surface area contributed by atoms with Crippen molar-refractivity contribution in [3.05, 3.63) is 46.4 Å². The summed E-state index contributed by atoms with van der Waals surface area (Å²) in [7, 11) is 1.60. The van der Waals surface area contributed by atoms with E-state index in [0.29, 0.717) is 11.5 Å². The van der Waals surface area contributed by atoms with Crippen LogP contribution in [0.15, 0.2) is 35.3 Å². The van der Waals surface area contributed by atoms with Gasteiger partial charge in [-0.05, 0) is 19.1 Å². The van der Waals surface area contributed by atoms with Crippen LogP contribution in [0.25, 0.3) is 0 Å². The minimum atomic E-state index is -0.148. The van der Waals surface area contributed by atoms with Gasteiger partial charge in [0.1, 0.15) is 5.75 Å². The average molecular weight is 231 g/mol. The molecular formula is C12H13N3O2. The molecule has 2 aromatic rings. The Morgan fingerprint density at radius 1 is 1.41 bits per heavy atom. The van der Waals surface area contributed by atoms with E-state index in [-0.39, 0.29) is 5.56 Å². The van der Waals surface area contributed by atoms with Crippen LogP contribution in [0.2, 0.25) is 0 Å². The van der Waals surface area contributed by atoms with Crippen LogP contribution in [0.4, 0.5) is 11.6 Å². The number of nitrogens with one attached hydrogen (secondary N) is 2. The van der Waals surface area contributed by atoms with Crippen molar-refractivity contribution >= 4 is 11.6 Å². The summed E-state index contributed by atoms with van der Waals surface area (Å²) >= 11 is 0. The molecule has 1 aromatic heterocycles. The minimum absolute atomic E-state index is 0.148. The molecule has 88 valence electrons. The van der Waals surface area contributed by atoms with Crippen LogP contribution in [0.1, 0.15) is 5.56 Å². The minimum Gasteiger partial charge on any atom is -0.497 e. The van der Waals surface area contributed by atoms with E-state index in [1.807, 2.05) is 24.3 Å². The van der Waals surface area contributed by atoms with Crippen LogP contribution in [-0.4, -0.2) is 17.1 Å². The molecule has 0 aliphatic carbocycles. The van der Waals surface area contributed by atoms with Crippen LogP contribution in [0, 0.1) is 6.92 Å². The molecule has 1 aromatic carbocycles. The third kappa shape index (κ3) is 2.63. The quantitative estimate of drug-likeness (QED) is 0.845. The van der Waals surface area contributed by atoms with Crippen molar-refractivity contribution < 1.29 is 4.74 Å². The van der Waals surface area contributed by atoms with Crippen LogP contribution in [0.3, 0.4) is 0 Å². The molecule has 2 rings (SSSR count). The zero-order valence-electron chi connectivity index (χ0n) is 9.65. The maximum atomic E-state index is 11.4. The van der Waals surface area contributed by atoms with Gasteiger partial charge in [-0.25, -0.2) is 4.98 Å². The topological polar surface area (TPSA) is 67.0 Å². The molecule has 0 atom stereocenters. The van der Waals surface area contributed by atoms with E-state index in [1.54, 1.807) is 14.0 Å². The van der Waals surface area contributed by atoms with E-state index in [4.69, 9.17) is 4.74 Å². The fraction of sp³-hybridized carbons (Fsp3) is 0.167. The van der Waals surface area contributed by atoms with Crippen molar-refractivity contribution in [2.75, 3.05) is 12.4 Å². The number of aromatic nitrogens is 2. The lowest BCUT2D eigenvalue weighted by Crippen LogP contribution is -2.12. The maximum absolute atomic E-state index is 11.4. The number of H-pyrrole nitrogens is 1. The number of ether oxygens (including phenoxy) is 1. The molecule has 5 nitrogen and oxygen atoms in total. The molecule has 0 aliphatic heterocycles. The summed E-state index contributed by atoms with van der Waals surface area (Å²) in [4.78, 5) is 18.1. The number of hydrogen-bond acceptors (Lipinski definition) is 4. The average Bonchev–Trinajstić information content (AvgIpc) is 2.34. The lowest BCUT2D eigenvalue weighted by Gasteiger charge is -2.06. The number of benzene rings is 1. The first-order valence-corrected chi connectivity index (χ1v) is 5.16. The van der Waals surface area contributed by atoms with Crippen molar-refractivity contribution in [3.8, 4) is 5.75 Å². The summed E-state index contributed by atoms with van der Waals surface area (Å²) in [5.74, 6) is 1.15. The Morgan fingerprint density at radius 2 is 2.24 bits per heavy atom. The van der Waals surface area contributed by atoms with E-state index < -0.39 is 0 Å². The van der Waals surface area contributed by atoms with E-state index in [2.05, 4.69) is 15.3 Å². The second-order valence-electron chi connectivity index (χ2n) is 3.60. The molecule has 0 saturated carbocycles. The molecule has 2 N–H and O–H groups in total. The number of aryl methyl sites for hydroxylation is 1. The zero-order valence-corrected chi connectivity index (χ0v) is 9.65. The molecule has 1 heterocycles. The first kappa shape index (κ1) is 11.2. The van der Waals surface area contributed by atoms with Gasteiger partial charge in [0.25, 0.3) is 5.56 Å². The smallest absolute Gasteiger partial charge is 0.255 e. The van der Waals surface area contributed by atoms with Gasteiger partial charge in [0.15, 0.2) is 0 Å². The van der Waals surface area contributed by atoms with Crippen LogP contribution in [-0.2, 0) is 0 Å². The Kier molecular flexibility index (Phi) is 3.09. The molecular weight excluding hydrogens is 218 g/mol. The lowest BCUT2D eigenvalue weighted by atomic mass is 10.3. The van der Waals surface area contributed by atoms with E-state index >= 15 is 0 Å². The van der Waals surface area contributed by atoms with Crippen LogP contribution < -0.4 is 15.6 Å². The summed E-state index contributed by atoms with van der Waals surface area (Å²) in [6, 6.07) is 7.38. The number of aromatic amines is 1. The molecule has 5 heteroatoms. The Bertz CT molecular complexity index is 578. The predicted molar refractivity (Wildman–Crippen MR) is 65.9 cm³/mol. The third-order valence-corrected chi connectivity index (χ3v) is 2.31. The van der Waals surface area contributed by atoms with Gasteiger partial charge < -0.3 is 10.1 Å². The van der Waals surface area contributed by atoms with Crippen molar-refractivity contribution in [1.82, 2.24) is 9.97 Å². The molecule has 0 amide bonds. The van der Waals surface area contributed by atoms with Crippen molar-refractivity contribution in [2.45, 2.75) is 6.92 Å². The molecule has 0 bridgehead atoms. The molecule has 17 heavy (non-hydrogen) atoms. The van der Waals surface area contributed by atoms with Gasteiger partial charge in [-0.1, -0.05) is 6.07 Å². The molecule has 0 unspecified atom stereocenters. The Morgan fingerprint density at radius 3 is 2.94 bits per heavy atom. The van der Waals surface area contributed by atoms with E-state index in [0.717, 1.165) is 11.4 Å². The van der Waals surface area contributed by atoms with Crippen LogP contribution in [0.5, 0.6) is 5.75 Å². The Balaban J connectivity index is 2.25. The molecule has 0 spiro atoms. The second kappa shape index (κ2) is 4.69. The maximum Gasteiger partial charge on any atom is 0.255 e. The summed E-state index contributed by atoms with van der Waals surface area (Å²) < 4.78 is 5.10. The van der Waals surface area contributed by atoms with Gasteiger partial charge in [0, 0.05) is 23.5 Å². The van der Waals surface area contributed by atoms with Gasteiger partial charge in [-0.15, -0.1) is 0 Å². The summed E-state index contributed by atoms with van der Waals surface area (Å²) in [5, 5.41) is 3.00. The van der Waals surface area contributed by atoms with Gasteiger partial charge in [0.05, 0.1) is 7.11 Å². The molecule has 0 radical (unpaired) electrons. The van der Waals surface area contributed by atoms with E-state index in [9.17, 15) is 4.79 Å². The van der Waals surface area contributed by atoms with Gasteiger partial charge in [-0.3, -0.25) is 9.78 Å². The van der Waals surface area contributed by atoms with Gasteiger partial charge in [0.2, 0.25) is 5.95 Å². The highest BCUT2D eigenvalue weighted by atomic mass is 16.5. The first-order chi connectivity index (χ1) is 8.19. The van der Waals surface area contributed by atoms with Crippen LogP contribution >= 0.6 is 0 Å². The monoisotopic (exact) mass is 231 g/mol. The fourth-order valence-corrected chi connectivity index (χ4v) is 1.36. The molecule has 0 fully saturated rings. The standard InChI is InChI=1S/C12H13N3O2/c1-8-7-13-12(15-11(8)16)14-9-4-3-5-10(6-9)17-2/h3-7H,1-2H3,(H2,13,14,15,16). The highest BCUT2D eigenvalue weighted by Crippen LogP contribution is 2.18. The second-order valence-corrected chi connectivity index (χ2v) is 3.60. The normalized spacial score (nSPS) is 10.0. The number of methoxy groups -OCH3 is 1. The Labute approximate surface area is 98.5 Å². The SMILES string of the molecule is COc1cccc(Nc2ncc(C)c(=O)[nH]2)c1. The van der Waals surface area contributed by atoms with Gasteiger partial charge in [-0.2, -0.15) is 0 Å². The first-order valence-electron chi connectivity index (χ1n) is 5.16. The van der Waals surface area contributed by atoms with Crippen molar-refractivity contribution in [1.29, 1.82) is 0 Å². The number of anilines is 2. The molecule has 0 aliphatic rings. The molecule has 0 saturated heterocycles. The highest BCUT2D eigenvalue weighted by molar-refractivity contribution is 5.55. The third-order valence-electron chi connectivity index (χ3n) is 2.31. The Hall–Kier alpha value is -2.30.